The second-order valence-electron chi connectivity index (χ2n) is 4.77. The van der Waals surface area contributed by atoms with Crippen LogP contribution in [0.15, 0.2) is 18.2 Å². The first-order valence-corrected chi connectivity index (χ1v) is 7.08. The zero-order chi connectivity index (χ0) is 10.7. The molecule has 15 heavy (non-hydrogen) atoms. The normalized spacial score (nSPS) is 17.2. The number of aryl methyl sites for hydroxylation is 2. The first kappa shape index (κ1) is 11.2. The number of benzene rings is 1. The molecular weight excluding hydrogens is 248 g/mol. The summed E-state index contributed by atoms with van der Waals surface area (Å²) in [5.74, 6) is 0.742. The zero-order valence-corrected chi connectivity index (χ0v) is 11.0. The summed E-state index contributed by atoms with van der Waals surface area (Å²) in [6.07, 6.45) is 6.56. The van der Waals surface area contributed by atoms with Crippen LogP contribution < -0.4 is 0 Å². The standard InChI is InChI=1S/C14H19Br/c1-11(10-15)8-12-6-7-13-4-2-3-5-14(13)9-12/h6-7,9,11H,2-5,8,10H2,1H3. The van der Waals surface area contributed by atoms with Gasteiger partial charge in [-0.05, 0) is 54.7 Å². The molecule has 82 valence electrons. The highest BCUT2D eigenvalue weighted by molar-refractivity contribution is 9.09. The van der Waals surface area contributed by atoms with E-state index in [-0.39, 0.29) is 0 Å². The predicted octanol–water partition coefficient (Wildman–Crippen LogP) is 4.14. The number of fused-ring (bicyclic) bond motifs is 1. The van der Waals surface area contributed by atoms with Gasteiger partial charge in [0.2, 0.25) is 0 Å². The Balaban J connectivity index is 2.13. The Morgan fingerprint density at radius 2 is 1.93 bits per heavy atom. The smallest absolute Gasteiger partial charge is 0.00602 e. The Morgan fingerprint density at radius 1 is 1.20 bits per heavy atom. The molecule has 1 aromatic carbocycles. The van der Waals surface area contributed by atoms with E-state index in [1.165, 1.54) is 37.7 Å². The van der Waals surface area contributed by atoms with Crippen molar-refractivity contribution in [3.63, 3.8) is 0 Å². The van der Waals surface area contributed by atoms with Crippen LogP contribution in [0.5, 0.6) is 0 Å². The van der Waals surface area contributed by atoms with Crippen LogP contribution in [0.3, 0.4) is 0 Å². The summed E-state index contributed by atoms with van der Waals surface area (Å²) in [5.41, 5.74) is 4.72. The fourth-order valence-corrected chi connectivity index (χ4v) is 2.60. The molecule has 1 unspecified atom stereocenters. The van der Waals surface area contributed by atoms with Crippen LogP contribution in [-0.4, -0.2) is 5.33 Å². The second-order valence-corrected chi connectivity index (χ2v) is 5.42. The van der Waals surface area contributed by atoms with Gasteiger partial charge in [0.1, 0.15) is 0 Å². The van der Waals surface area contributed by atoms with Gasteiger partial charge in [-0.15, -0.1) is 0 Å². The van der Waals surface area contributed by atoms with Crippen molar-refractivity contribution in [2.24, 2.45) is 5.92 Å². The van der Waals surface area contributed by atoms with Crippen molar-refractivity contribution < 1.29 is 0 Å². The minimum Gasteiger partial charge on any atom is -0.0925 e. The van der Waals surface area contributed by atoms with E-state index in [1.54, 1.807) is 11.1 Å². The monoisotopic (exact) mass is 266 g/mol. The van der Waals surface area contributed by atoms with Crippen LogP contribution in [0.1, 0.15) is 36.5 Å². The molecule has 0 aliphatic heterocycles. The van der Waals surface area contributed by atoms with Crippen molar-refractivity contribution in [2.75, 3.05) is 5.33 Å². The molecule has 0 aromatic heterocycles. The highest BCUT2D eigenvalue weighted by Crippen LogP contribution is 2.23. The molecule has 1 heteroatoms. The van der Waals surface area contributed by atoms with Crippen molar-refractivity contribution in [1.82, 2.24) is 0 Å². The minimum atomic E-state index is 0.742. The van der Waals surface area contributed by atoms with E-state index in [2.05, 4.69) is 41.1 Å². The summed E-state index contributed by atoms with van der Waals surface area (Å²) < 4.78 is 0. The number of hydrogen-bond donors (Lipinski definition) is 0. The first-order chi connectivity index (χ1) is 7.29. The third-order valence-corrected chi connectivity index (χ3v) is 4.37. The molecule has 0 radical (unpaired) electrons. The Hall–Kier alpha value is -0.300. The minimum absolute atomic E-state index is 0.742. The summed E-state index contributed by atoms with van der Waals surface area (Å²) in [6, 6.07) is 7.11. The van der Waals surface area contributed by atoms with E-state index in [1.807, 2.05) is 0 Å². The van der Waals surface area contributed by atoms with Gasteiger partial charge in [-0.25, -0.2) is 0 Å². The number of alkyl halides is 1. The second kappa shape index (κ2) is 5.16. The third kappa shape index (κ3) is 2.84. The third-order valence-electron chi connectivity index (χ3n) is 3.26. The summed E-state index contributed by atoms with van der Waals surface area (Å²) in [7, 11) is 0. The Kier molecular flexibility index (Phi) is 3.85. The molecule has 0 N–H and O–H groups in total. The molecule has 1 aromatic rings. The predicted molar refractivity (Wildman–Crippen MR) is 69.7 cm³/mol. The lowest BCUT2D eigenvalue weighted by Gasteiger charge is -2.17. The number of hydrogen-bond acceptors (Lipinski definition) is 0. The zero-order valence-electron chi connectivity index (χ0n) is 9.43. The van der Waals surface area contributed by atoms with Gasteiger partial charge in [0.25, 0.3) is 0 Å². The Morgan fingerprint density at radius 3 is 2.67 bits per heavy atom. The van der Waals surface area contributed by atoms with Gasteiger partial charge in [0.05, 0.1) is 0 Å². The lowest BCUT2D eigenvalue weighted by atomic mass is 9.89. The van der Waals surface area contributed by atoms with Gasteiger partial charge in [0, 0.05) is 5.33 Å². The molecule has 1 aliphatic carbocycles. The van der Waals surface area contributed by atoms with Crippen molar-refractivity contribution in [2.45, 2.75) is 39.0 Å². The maximum atomic E-state index is 3.55. The fourth-order valence-electron chi connectivity index (χ4n) is 2.37. The lowest BCUT2D eigenvalue weighted by molar-refractivity contribution is 0.655. The van der Waals surface area contributed by atoms with Crippen LogP contribution in [-0.2, 0) is 19.3 Å². The van der Waals surface area contributed by atoms with Crippen molar-refractivity contribution in [3.8, 4) is 0 Å². The highest BCUT2D eigenvalue weighted by Gasteiger charge is 2.10. The van der Waals surface area contributed by atoms with Crippen LogP contribution in [0, 0.1) is 5.92 Å². The molecule has 0 saturated carbocycles. The molecule has 2 rings (SSSR count). The molecular formula is C14H19Br. The Labute approximate surface area is 101 Å². The van der Waals surface area contributed by atoms with Gasteiger partial charge < -0.3 is 0 Å². The number of halogens is 1. The van der Waals surface area contributed by atoms with Crippen molar-refractivity contribution in [3.05, 3.63) is 34.9 Å². The van der Waals surface area contributed by atoms with Crippen LogP contribution in [0.2, 0.25) is 0 Å². The average molecular weight is 267 g/mol. The maximum absolute atomic E-state index is 3.55. The molecule has 1 atom stereocenters. The Bertz CT molecular complexity index is 330. The van der Waals surface area contributed by atoms with E-state index in [0.717, 1.165) is 11.2 Å². The van der Waals surface area contributed by atoms with E-state index in [4.69, 9.17) is 0 Å². The average Bonchev–Trinajstić information content (AvgIpc) is 2.29. The van der Waals surface area contributed by atoms with Crippen LogP contribution in [0.4, 0.5) is 0 Å². The summed E-state index contributed by atoms with van der Waals surface area (Å²) >= 11 is 3.55. The molecule has 1 aliphatic rings. The molecule has 0 nitrogen and oxygen atoms in total. The van der Waals surface area contributed by atoms with Crippen molar-refractivity contribution >= 4 is 15.9 Å². The topological polar surface area (TPSA) is 0 Å². The van der Waals surface area contributed by atoms with Gasteiger partial charge in [0.15, 0.2) is 0 Å². The van der Waals surface area contributed by atoms with Gasteiger partial charge in [-0.2, -0.15) is 0 Å². The quantitative estimate of drug-likeness (QED) is 0.722. The van der Waals surface area contributed by atoms with Crippen LogP contribution in [0.25, 0.3) is 0 Å². The molecule has 0 saturated heterocycles. The van der Waals surface area contributed by atoms with E-state index in [9.17, 15) is 0 Å². The molecule has 0 spiro atoms. The first-order valence-electron chi connectivity index (χ1n) is 5.96. The van der Waals surface area contributed by atoms with E-state index in [0.29, 0.717) is 0 Å². The summed E-state index contributed by atoms with van der Waals surface area (Å²) in [5, 5.41) is 1.10. The lowest BCUT2D eigenvalue weighted by Crippen LogP contribution is -2.05. The van der Waals surface area contributed by atoms with Gasteiger partial charge in [-0.1, -0.05) is 41.1 Å². The molecule has 0 fully saturated rings. The van der Waals surface area contributed by atoms with E-state index >= 15 is 0 Å². The van der Waals surface area contributed by atoms with Crippen LogP contribution >= 0.6 is 15.9 Å². The molecule has 0 amide bonds. The maximum Gasteiger partial charge on any atom is 0.00602 e. The fraction of sp³-hybridized carbons (Fsp3) is 0.571. The van der Waals surface area contributed by atoms with E-state index < -0.39 is 0 Å². The molecule has 0 bridgehead atoms. The largest absolute Gasteiger partial charge is 0.0925 e. The highest BCUT2D eigenvalue weighted by atomic mass is 79.9. The summed E-state index contributed by atoms with van der Waals surface area (Å²) in [4.78, 5) is 0. The number of rotatable bonds is 3. The summed E-state index contributed by atoms with van der Waals surface area (Å²) in [6.45, 7) is 2.30. The van der Waals surface area contributed by atoms with Gasteiger partial charge in [-0.3, -0.25) is 0 Å². The SMILES string of the molecule is CC(CBr)Cc1ccc2c(c1)CCCC2. The van der Waals surface area contributed by atoms with Gasteiger partial charge >= 0.3 is 0 Å². The molecule has 0 heterocycles. The van der Waals surface area contributed by atoms with Crippen molar-refractivity contribution in [1.29, 1.82) is 0 Å².